The zero-order valence-electron chi connectivity index (χ0n) is 4.65. The number of hydrogen-bond acceptors (Lipinski definition) is 4. The molecule has 0 bridgehead atoms. The Morgan fingerprint density at radius 2 is 2.44 bits per heavy atom. The molecule has 0 saturated heterocycles. The summed E-state index contributed by atoms with van der Waals surface area (Å²) in [4.78, 5) is 14.1. The van der Waals surface area contributed by atoms with Crippen LogP contribution in [0.15, 0.2) is 5.16 Å². The Hall–Kier alpha value is -1.10. The van der Waals surface area contributed by atoms with Gasteiger partial charge in [0, 0.05) is 6.72 Å². The Morgan fingerprint density at radius 3 is 2.56 bits per heavy atom. The summed E-state index contributed by atoms with van der Waals surface area (Å²) < 4.78 is 0. The van der Waals surface area contributed by atoms with Gasteiger partial charge in [-0.2, -0.15) is 0 Å². The van der Waals surface area contributed by atoms with Crippen molar-refractivity contribution in [2.45, 2.75) is 6.10 Å². The first-order valence-electron chi connectivity index (χ1n) is 2.18. The van der Waals surface area contributed by atoms with E-state index < -0.39 is 18.7 Å². The van der Waals surface area contributed by atoms with E-state index in [1.165, 1.54) is 0 Å². The maximum atomic E-state index is 9.95. The van der Waals surface area contributed by atoms with Crippen LogP contribution >= 0.6 is 0 Å². The van der Waals surface area contributed by atoms with Crippen LogP contribution in [0.4, 0.5) is 0 Å². The van der Waals surface area contributed by atoms with Gasteiger partial charge >= 0.3 is 5.97 Å². The van der Waals surface area contributed by atoms with Crippen LogP contribution in [-0.2, 0) is 9.63 Å². The minimum Gasteiger partial charge on any atom is -0.478 e. The number of carbonyl (C=O) groups is 1. The molecule has 0 heterocycles. The van der Waals surface area contributed by atoms with Crippen molar-refractivity contribution in [3.05, 3.63) is 0 Å². The Balaban J connectivity index is 3.67. The summed E-state index contributed by atoms with van der Waals surface area (Å²) in [5, 5.41) is 19.2. The van der Waals surface area contributed by atoms with E-state index >= 15 is 0 Å². The predicted octanol–water partition coefficient (Wildman–Crippen LogP) is -0.936. The summed E-state index contributed by atoms with van der Waals surface area (Å²) in [6.45, 7) is 2.28. The van der Waals surface area contributed by atoms with E-state index in [9.17, 15) is 4.79 Å². The largest absolute Gasteiger partial charge is 0.478 e. The molecule has 2 N–H and O–H groups in total. The van der Waals surface area contributed by atoms with Gasteiger partial charge in [-0.05, 0) is 0 Å². The van der Waals surface area contributed by atoms with Gasteiger partial charge in [-0.25, -0.2) is 4.79 Å². The highest BCUT2D eigenvalue weighted by molar-refractivity contribution is 5.72. The van der Waals surface area contributed by atoms with Crippen molar-refractivity contribution in [1.29, 1.82) is 0 Å². The summed E-state index contributed by atoms with van der Waals surface area (Å²) in [5.41, 5.74) is 0. The molecule has 0 aromatic carbocycles. The highest BCUT2D eigenvalue weighted by atomic mass is 16.7. The number of nitrogens with zero attached hydrogens (tertiary/aromatic N) is 1. The van der Waals surface area contributed by atoms with Gasteiger partial charge in [-0.3, -0.25) is 0 Å². The molecule has 0 aromatic rings. The van der Waals surface area contributed by atoms with Gasteiger partial charge in [-0.1, -0.05) is 0 Å². The van der Waals surface area contributed by atoms with Crippen LogP contribution in [0.1, 0.15) is 0 Å². The smallest absolute Gasteiger partial charge is 0.350 e. The monoisotopic (exact) mass is 133 g/mol. The maximum Gasteiger partial charge on any atom is 0.350 e. The number of carboxylic acids is 1. The van der Waals surface area contributed by atoms with Gasteiger partial charge in [0.1, 0.15) is 0 Å². The van der Waals surface area contributed by atoms with Crippen LogP contribution in [0.2, 0.25) is 0 Å². The number of oxime groups is 1. The van der Waals surface area contributed by atoms with Crippen LogP contribution in [0.3, 0.4) is 0 Å². The number of aliphatic hydroxyl groups is 1. The van der Waals surface area contributed by atoms with Gasteiger partial charge in [-0.15, -0.1) is 5.16 Å². The number of rotatable bonds is 4. The summed E-state index contributed by atoms with van der Waals surface area (Å²) in [7, 11) is 0. The SMILES string of the molecule is C=NOC(CO)C(=O)O. The molecule has 0 fully saturated rings. The van der Waals surface area contributed by atoms with Crippen molar-refractivity contribution in [1.82, 2.24) is 0 Å². The van der Waals surface area contributed by atoms with Crippen LogP contribution in [0, 0.1) is 0 Å². The molecule has 0 amide bonds. The predicted molar refractivity (Wildman–Crippen MR) is 29.1 cm³/mol. The Labute approximate surface area is 51.5 Å². The van der Waals surface area contributed by atoms with Crippen molar-refractivity contribution in [2.24, 2.45) is 5.16 Å². The van der Waals surface area contributed by atoms with Gasteiger partial charge < -0.3 is 15.1 Å². The average molecular weight is 133 g/mol. The summed E-state index contributed by atoms with van der Waals surface area (Å²) in [5.74, 6) is -1.26. The Morgan fingerprint density at radius 1 is 1.89 bits per heavy atom. The molecule has 0 radical (unpaired) electrons. The van der Waals surface area contributed by atoms with E-state index in [4.69, 9.17) is 10.2 Å². The number of aliphatic carboxylic acids is 1. The molecule has 0 rings (SSSR count). The Bertz CT molecular complexity index is 113. The quantitative estimate of drug-likeness (QED) is 0.383. The number of carboxylic acid groups (broad SMARTS) is 1. The van der Waals surface area contributed by atoms with Crippen LogP contribution in [0.5, 0.6) is 0 Å². The van der Waals surface area contributed by atoms with E-state index in [0.29, 0.717) is 0 Å². The van der Waals surface area contributed by atoms with Crippen molar-refractivity contribution in [3.63, 3.8) is 0 Å². The minimum absolute atomic E-state index is 0.603. The van der Waals surface area contributed by atoms with Crippen molar-refractivity contribution >= 4 is 12.7 Å². The fourth-order valence-corrected chi connectivity index (χ4v) is 0.246. The highest BCUT2D eigenvalue weighted by Gasteiger charge is 2.16. The molecule has 0 aromatic heterocycles. The van der Waals surface area contributed by atoms with Gasteiger partial charge in [0.05, 0.1) is 6.61 Å². The molecule has 0 aliphatic carbocycles. The first-order valence-corrected chi connectivity index (χ1v) is 2.18. The lowest BCUT2D eigenvalue weighted by Gasteiger charge is -2.03. The molecule has 9 heavy (non-hydrogen) atoms. The topological polar surface area (TPSA) is 79.1 Å². The van der Waals surface area contributed by atoms with Gasteiger partial charge in [0.25, 0.3) is 0 Å². The first-order chi connectivity index (χ1) is 4.22. The average Bonchev–Trinajstić information content (AvgIpc) is 1.82. The van der Waals surface area contributed by atoms with Crippen molar-refractivity contribution in [2.75, 3.05) is 6.61 Å². The molecule has 0 saturated carbocycles. The second-order valence-electron chi connectivity index (χ2n) is 1.24. The number of hydrogen-bond donors (Lipinski definition) is 2. The molecule has 1 unspecified atom stereocenters. The fourth-order valence-electron chi connectivity index (χ4n) is 0.246. The third-order valence-corrected chi connectivity index (χ3v) is 0.643. The molecular formula is C4H7NO4. The number of aliphatic hydroxyl groups excluding tert-OH is 1. The summed E-state index contributed by atoms with van der Waals surface area (Å²) in [6, 6.07) is 0. The van der Waals surface area contributed by atoms with Gasteiger partial charge in [0.15, 0.2) is 0 Å². The molecule has 0 aliphatic heterocycles. The lowest BCUT2D eigenvalue weighted by molar-refractivity contribution is -0.152. The third-order valence-electron chi connectivity index (χ3n) is 0.643. The lowest BCUT2D eigenvalue weighted by atomic mass is 10.4. The Kier molecular flexibility index (Phi) is 3.38. The van der Waals surface area contributed by atoms with Crippen LogP contribution < -0.4 is 0 Å². The third kappa shape index (κ3) is 2.65. The van der Waals surface area contributed by atoms with Crippen LogP contribution in [0.25, 0.3) is 0 Å². The maximum absolute atomic E-state index is 9.95. The van der Waals surface area contributed by atoms with Crippen molar-refractivity contribution in [3.8, 4) is 0 Å². The van der Waals surface area contributed by atoms with E-state index in [2.05, 4.69) is 16.7 Å². The highest BCUT2D eigenvalue weighted by Crippen LogP contribution is 1.89. The summed E-state index contributed by atoms with van der Waals surface area (Å²) >= 11 is 0. The van der Waals surface area contributed by atoms with E-state index in [0.717, 1.165) is 0 Å². The van der Waals surface area contributed by atoms with Gasteiger partial charge in [0.2, 0.25) is 6.10 Å². The zero-order valence-corrected chi connectivity index (χ0v) is 4.65. The molecule has 1 atom stereocenters. The fraction of sp³-hybridized carbons (Fsp3) is 0.500. The zero-order chi connectivity index (χ0) is 7.28. The standard InChI is InChI=1S/C4H7NO4/c1-5-9-3(2-6)4(7)8/h3,6H,1-2H2,(H,7,8). The first kappa shape index (κ1) is 7.90. The minimum atomic E-state index is -1.29. The molecular weight excluding hydrogens is 126 g/mol. The molecule has 5 heteroatoms. The second-order valence-corrected chi connectivity index (χ2v) is 1.24. The normalized spacial score (nSPS) is 12.1. The summed E-state index contributed by atoms with van der Waals surface area (Å²) in [6.07, 6.45) is -1.29. The molecule has 0 spiro atoms. The molecule has 0 aliphatic rings. The molecule has 52 valence electrons. The van der Waals surface area contributed by atoms with E-state index in [-0.39, 0.29) is 0 Å². The van der Waals surface area contributed by atoms with E-state index in [1.807, 2.05) is 0 Å². The van der Waals surface area contributed by atoms with Crippen molar-refractivity contribution < 1.29 is 19.8 Å². The van der Waals surface area contributed by atoms with E-state index in [1.54, 1.807) is 0 Å². The molecule has 5 nitrogen and oxygen atoms in total. The lowest BCUT2D eigenvalue weighted by Crippen LogP contribution is -2.25. The van der Waals surface area contributed by atoms with Crippen LogP contribution in [-0.4, -0.2) is 35.6 Å². The second kappa shape index (κ2) is 3.85.